The van der Waals surface area contributed by atoms with Crippen LogP contribution in [0.2, 0.25) is 0 Å². The van der Waals surface area contributed by atoms with Crippen LogP contribution in [0.3, 0.4) is 0 Å². The number of hydrogen-bond donors (Lipinski definition) is 3. The molecule has 0 aromatic heterocycles. The van der Waals surface area contributed by atoms with Crippen LogP contribution in [0.25, 0.3) is 0 Å². The van der Waals surface area contributed by atoms with Gasteiger partial charge in [-0.05, 0) is 37.9 Å². The number of carbonyl (C=O) groups is 6. The first-order chi connectivity index (χ1) is 21.8. The molecule has 15 heteroatoms. The molecule has 0 saturated carbocycles. The van der Waals surface area contributed by atoms with Gasteiger partial charge in [0, 0.05) is 31.6 Å². The highest BCUT2D eigenvalue weighted by atomic mass is 16.6. The third-order valence-corrected chi connectivity index (χ3v) is 8.12. The summed E-state index contributed by atoms with van der Waals surface area (Å²) in [7, 11) is 0. The molecule has 5 amide bonds. The maximum Gasteiger partial charge on any atom is 0.323 e. The molecule has 0 radical (unpaired) electrons. The van der Waals surface area contributed by atoms with E-state index in [1.807, 2.05) is 0 Å². The number of carbonyl (C=O) groups excluding carboxylic acids is 6. The summed E-state index contributed by atoms with van der Waals surface area (Å²) in [6, 6.07) is 3.61. The largest absolute Gasteiger partial charge is 0.459 e. The Hall–Kier alpha value is -3.92. The van der Waals surface area contributed by atoms with Gasteiger partial charge in [-0.3, -0.25) is 39.0 Å². The molecule has 0 aliphatic carbocycles. The first-order valence-electron chi connectivity index (χ1n) is 15.4. The van der Waals surface area contributed by atoms with E-state index >= 15 is 0 Å². The molecular formula is C30H39N5O10. The van der Waals surface area contributed by atoms with Gasteiger partial charge in [0.25, 0.3) is 11.8 Å². The number of nitrogens with zero attached hydrogens (tertiary/aromatic N) is 2. The van der Waals surface area contributed by atoms with Gasteiger partial charge >= 0.3 is 5.97 Å². The number of rotatable bonds is 15. The molecule has 3 saturated heterocycles. The zero-order valence-corrected chi connectivity index (χ0v) is 25.0. The highest BCUT2D eigenvalue weighted by molar-refractivity contribution is 6.25. The Morgan fingerprint density at radius 2 is 1.71 bits per heavy atom. The average Bonchev–Trinajstić information content (AvgIpc) is 3.78. The molecule has 0 bridgehead atoms. The number of fused-ring (bicyclic) bond motifs is 1. The number of imide groups is 2. The number of benzene rings is 1. The van der Waals surface area contributed by atoms with E-state index in [1.165, 1.54) is 6.07 Å². The molecule has 4 aliphatic rings. The molecule has 1 aromatic rings. The number of amides is 5. The van der Waals surface area contributed by atoms with Crippen molar-refractivity contribution in [1.29, 1.82) is 0 Å². The van der Waals surface area contributed by atoms with Crippen molar-refractivity contribution >= 4 is 41.2 Å². The minimum absolute atomic E-state index is 0.0571. The predicted octanol–water partition coefficient (Wildman–Crippen LogP) is -0.554. The van der Waals surface area contributed by atoms with Gasteiger partial charge < -0.3 is 34.5 Å². The Kier molecular flexibility index (Phi) is 11.1. The lowest BCUT2D eigenvalue weighted by molar-refractivity contribution is -0.151. The summed E-state index contributed by atoms with van der Waals surface area (Å²) in [5.41, 5.74) is 0.855. The molecule has 1 aromatic carbocycles. The van der Waals surface area contributed by atoms with Crippen LogP contribution in [0.15, 0.2) is 18.2 Å². The van der Waals surface area contributed by atoms with Crippen LogP contribution in [0, 0.1) is 0 Å². The van der Waals surface area contributed by atoms with E-state index in [0.29, 0.717) is 58.2 Å². The Labute approximate surface area is 260 Å². The smallest absolute Gasteiger partial charge is 0.323 e. The maximum atomic E-state index is 13.1. The topological polar surface area (TPSA) is 182 Å². The highest BCUT2D eigenvalue weighted by Gasteiger charge is 2.45. The molecule has 4 aliphatic heterocycles. The van der Waals surface area contributed by atoms with E-state index in [0.717, 1.165) is 24.3 Å². The van der Waals surface area contributed by atoms with Gasteiger partial charge in [0.05, 0.1) is 50.7 Å². The van der Waals surface area contributed by atoms with Crippen molar-refractivity contribution in [3.8, 4) is 0 Å². The highest BCUT2D eigenvalue weighted by Crippen LogP contribution is 2.32. The van der Waals surface area contributed by atoms with E-state index in [2.05, 4.69) is 16.0 Å². The molecule has 3 N–H and O–H groups in total. The van der Waals surface area contributed by atoms with Gasteiger partial charge in [-0.25, -0.2) is 0 Å². The molecule has 3 atom stereocenters. The van der Waals surface area contributed by atoms with Crippen LogP contribution < -0.4 is 16.0 Å². The Balaban J connectivity index is 0.909. The van der Waals surface area contributed by atoms with Gasteiger partial charge in [0.1, 0.15) is 24.8 Å². The summed E-state index contributed by atoms with van der Waals surface area (Å²) in [6.45, 7) is 3.50. The Morgan fingerprint density at radius 3 is 2.47 bits per heavy atom. The normalized spacial score (nSPS) is 23.0. The van der Waals surface area contributed by atoms with Crippen LogP contribution in [0.4, 0.5) is 5.69 Å². The third kappa shape index (κ3) is 8.03. The molecule has 4 heterocycles. The van der Waals surface area contributed by atoms with Crippen LogP contribution >= 0.6 is 0 Å². The molecule has 244 valence electrons. The van der Waals surface area contributed by atoms with Crippen molar-refractivity contribution in [2.75, 3.05) is 71.1 Å². The summed E-state index contributed by atoms with van der Waals surface area (Å²) in [5, 5.41) is 8.42. The number of esters is 1. The summed E-state index contributed by atoms with van der Waals surface area (Å²) < 4.78 is 22.0. The monoisotopic (exact) mass is 629 g/mol. The quantitative estimate of drug-likeness (QED) is 0.128. The molecule has 1 unspecified atom stereocenters. The maximum absolute atomic E-state index is 13.1. The molecule has 0 spiro atoms. The summed E-state index contributed by atoms with van der Waals surface area (Å²) >= 11 is 0. The Morgan fingerprint density at radius 1 is 0.933 bits per heavy atom. The van der Waals surface area contributed by atoms with Crippen LogP contribution in [0.5, 0.6) is 0 Å². The predicted molar refractivity (Wildman–Crippen MR) is 156 cm³/mol. The first-order valence-corrected chi connectivity index (χ1v) is 15.4. The van der Waals surface area contributed by atoms with Crippen molar-refractivity contribution in [2.24, 2.45) is 0 Å². The second-order valence-electron chi connectivity index (χ2n) is 11.2. The lowest BCUT2D eigenvalue weighted by atomic mass is 10.0. The van der Waals surface area contributed by atoms with Crippen molar-refractivity contribution in [2.45, 2.75) is 50.3 Å². The first kappa shape index (κ1) is 32.5. The van der Waals surface area contributed by atoms with Crippen molar-refractivity contribution in [3.05, 3.63) is 29.3 Å². The number of piperidine rings is 1. The second-order valence-corrected chi connectivity index (χ2v) is 11.2. The van der Waals surface area contributed by atoms with E-state index in [9.17, 15) is 28.8 Å². The molecule has 45 heavy (non-hydrogen) atoms. The second kappa shape index (κ2) is 15.4. The van der Waals surface area contributed by atoms with Crippen LogP contribution in [0.1, 0.15) is 52.8 Å². The molecule has 5 rings (SSSR count). The number of hydrogen-bond acceptors (Lipinski definition) is 12. The fourth-order valence-corrected chi connectivity index (χ4v) is 5.79. The zero-order chi connectivity index (χ0) is 31.8. The third-order valence-electron chi connectivity index (χ3n) is 8.12. The number of anilines is 1. The number of likely N-dealkylation sites (tertiary alicyclic amines) is 1. The molecule has 15 nitrogen and oxygen atoms in total. The van der Waals surface area contributed by atoms with Gasteiger partial charge in [0.15, 0.2) is 0 Å². The molecule has 3 fully saturated rings. The van der Waals surface area contributed by atoms with Crippen molar-refractivity contribution < 1.29 is 47.7 Å². The van der Waals surface area contributed by atoms with E-state index in [-0.39, 0.29) is 61.2 Å². The minimum atomic E-state index is -1.02. The summed E-state index contributed by atoms with van der Waals surface area (Å²) in [6.07, 6.45) is 2.24. The summed E-state index contributed by atoms with van der Waals surface area (Å²) in [5.74, 6) is -2.61. The fraction of sp³-hybridized carbons (Fsp3) is 0.600. The Bertz CT molecular complexity index is 1300. The van der Waals surface area contributed by atoms with E-state index < -0.39 is 29.7 Å². The van der Waals surface area contributed by atoms with Crippen LogP contribution in [-0.4, -0.2) is 129 Å². The minimum Gasteiger partial charge on any atom is -0.459 e. The average molecular weight is 630 g/mol. The van der Waals surface area contributed by atoms with Crippen LogP contribution in [-0.2, 0) is 38.1 Å². The van der Waals surface area contributed by atoms with Gasteiger partial charge in [0.2, 0.25) is 17.7 Å². The fourth-order valence-electron chi connectivity index (χ4n) is 5.79. The van der Waals surface area contributed by atoms with Gasteiger partial charge in [-0.15, -0.1) is 0 Å². The van der Waals surface area contributed by atoms with Crippen molar-refractivity contribution in [1.82, 2.24) is 20.4 Å². The SMILES string of the molecule is O=C1CCC(N2C(=O)c3cccc(NCCOCCOCCOCC(=O)N4CC[C@@H](OC(=O)[C@@H]5CCCN5)C4)c3C2=O)C(=O)N1. The van der Waals surface area contributed by atoms with Gasteiger partial charge in [-0.1, -0.05) is 6.07 Å². The van der Waals surface area contributed by atoms with Crippen molar-refractivity contribution in [3.63, 3.8) is 0 Å². The lowest BCUT2D eigenvalue weighted by Gasteiger charge is -2.27. The summed E-state index contributed by atoms with van der Waals surface area (Å²) in [4.78, 5) is 77.0. The van der Waals surface area contributed by atoms with E-state index in [4.69, 9.17) is 18.9 Å². The zero-order valence-electron chi connectivity index (χ0n) is 25.0. The molecular weight excluding hydrogens is 590 g/mol. The van der Waals surface area contributed by atoms with Gasteiger partial charge in [-0.2, -0.15) is 0 Å². The standard InChI is InChI=1S/C30H39N5O10/c36-24-7-6-23(27(38)33-24)35-28(39)20-3-1-4-21(26(20)29(35)40)32-10-12-42-13-14-43-15-16-44-18-25(37)34-11-8-19(17-34)45-30(41)22-5-2-9-31-22/h1,3-4,19,22-23,31-32H,2,5-18H2,(H,33,36,38)/t19-,22+,23?/m1/s1. The lowest BCUT2D eigenvalue weighted by Crippen LogP contribution is -2.54. The van der Waals surface area contributed by atoms with E-state index in [1.54, 1.807) is 17.0 Å². The number of ether oxygens (including phenoxy) is 4. The number of nitrogens with one attached hydrogen (secondary N) is 3.